The zero-order valence-electron chi connectivity index (χ0n) is 32.4. The molecule has 0 spiro atoms. The molecule has 56 heavy (non-hydrogen) atoms. The maximum absolute atomic E-state index is 13.6. The fourth-order valence-electron chi connectivity index (χ4n) is 7.85. The summed E-state index contributed by atoms with van der Waals surface area (Å²) in [6.07, 6.45) is 6.93. The van der Waals surface area contributed by atoms with Crippen LogP contribution in [0.25, 0.3) is 11.0 Å². The summed E-state index contributed by atoms with van der Waals surface area (Å²) in [6, 6.07) is 2.90. The monoisotopic (exact) mass is 794 g/mol. The Balaban J connectivity index is 1.01. The lowest BCUT2D eigenvalue weighted by molar-refractivity contribution is -0.141. The van der Waals surface area contributed by atoms with Crippen LogP contribution in [0, 0.1) is 11.8 Å². The Labute approximate surface area is 330 Å². The number of methoxy groups -OCH3 is 2. The Bertz CT molecular complexity index is 1890. The van der Waals surface area contributed by atoms with Gasteiger partial charge in [-0.15, -0.1) is 11.8 Å². The van der Waals surface area contributed by atoms with E-state index < -0.39 is 17.3 Å². The number of anilines is 2. The Kier molecular flexibility index (Phi) is 13.5. The van der Waals surface area contributed by atoms with E-state index in [2.05, 4.69) is 27.1 Å². The average Bonchev–Trinajstić information content (AvgIpc) is 3.72. The van der Waals surface area contributed by atoms with Crippen molar-refractivity contribution in [3.63, 3.8) is 0 Å². The van der Waals surface area contributed by atoms with Crippen LogP contribution in [0.2, 0.25) is 0 Å². The summed E-state index contributed by atoms with van der Waals surface area (Å²) in [7, 11) is 3.30. The summed E-state index contributed by atoms with van der Waals surface area (Å²) in [4.78, 5) is 64.7. The SMILES string of the molecule is CCCCNc1nc(N)nc2cn(Cc3c(OC)ccc(CN4CCN(C(=O)C5CCC(CN6C(=O)CC(SC[C@@H](N)C(=O)O)C6=O)CC5)CC4)c3OC)nc12. The first kappa shape index (κ1) is 41.0. The molecule has 304 valence electrons. The Morgan fingerprint density at radius 1 is 1.05 bits per heavy atom. The highest BCUT2D eigenvalue weighted by Gasteiger charge is 2.41. The summed E-state index contributed by atoms with van der Waals surface area (Å²) in [5.74, 6) is 0.883. The number of carbonyl (C=O) groups excluding carboxylic acids is 3. The number of benzene rings is 1. The normalized spacial score (nSPS) is 21.1. The number of nitrogens with two attached hydrogens (primary N) is 2. The van der Waals surface area contributed by atoms with E-state index >= 15 is 0 Å². The second-order valence-electron chi connectivity index (χ2n) is 14.8. The highest BCUT2D eigenvalue weighted by Crippen LogP contribution is 2.36. The van der Waals surface area contributed by atoms with Crippen LogP contribution in [-0.4, -0.2) is 134 Å². The van der Waals surface area contributed by atoms with Gasteiger partial charge in [0.05, 0.1) is 37.8 Å². The molecule has 3 aliphatic rings. The number of nitrogens with one attached hydrogen (secondary N) is 1. The number of piperazine rings is 1. The molecule has 1 aliphatic carbocycles. The molecule has 1 unspecified atom stereocenters. The van der Waals surface area contributed by atoms with Crippen LogP contribution < -0.4 is 26.3 Å². The van der Waals surface area contributed by atoms with Gasteiger partial charge in [-0.2, -0.15) is 10.1 Å². The van der Waals surface area contributed by atoms with Gasteiger partial charge in [0.2, 0.25) is 23.7 Å². The molecule has 0 bridgehead atoms. The van der Waals surface area contributed by atoms with Gasteiger partial charge >= 0.3 is 5.97 Å². The number of amides is 3. The highest BCUT2D eigenvalue weighted by molar-refractivity contribution is 8.00. The van der Waals surface area contributed by atoms with E-state index in [1.807, 2.05) is 23.2 Å². The van der Waals surface area contributed by atoms with Gasteiger partial charge in [-0.3, -0.25) is 33.7 Å². The smallest absolute Gasteiger partial charge is 0.321 e. The number of rotatable bonds is 17. The lowest BCUT2D eigenvalue weighted by atomic mass is 9.81. The second kappa shape index (κ2) is 18.5. The lowest BCUT2D eigenvalue weighted by Gasteiger charge is -2.38. The van der Waals surface area contributed by atoms with Crippen molar-refractivity contribution in [3.05, 3.63) is 29.5 Å². The molecule has 18 heteroatoms. The number of nitrogen functional groups attached to an aromatic ring is 1. The molecule has 3 fully saturated rings. The summed E-state index contributed by atoms with van der Waals surface area (Å²) in [6.45, 7) is 6.95. The zero-order chi connectivity index (χ0) is 39.9. The van der Waals surface area contributed by atoms with Gasteiger partial charge in [0, 0.05) is 69.5 Å². The van der Waals surface area contributed by atoms with Gasteiger partial charge in [0.15, 0.2) is 11.3 Å². The molecule has 3 amide bonds. The average molecular weight is 795 g/mol. The fraction of sp³-hybridized carbons (Fsp3) is 0.605. The number of fused-ring (bicyclic) bond motifs is 1. The van der Waals surface area contributed by atoms with Crippen LogP contribution in [-0.2, 0) is 32.3 Å². The molecule has 17 nitrogen and oxygen atoms in total. The fourth-order valence-corrected chi connectivity index (χ4v) is 8.96. The van der Waals surface area contributed by atoms with Crippen LogP contribution in [0.3, 0.4) is 0 Å². The number of carboxylic acids is 1. The highest BCUT2D eigenvalue weighted by atomic mass is 32.2. The van der Waals surface area contributed by atoms with E-state index in [0.29, 0.717) is 55.3 Å². The maximum Gasteiger partial charge on any atom is 0.321 e. The van der Waals surface area contributed by atoms with Crippen molar-refractivity contribution >= 4 is 58.3 Å². The molecule has 2 saturated heterocycles. The summed E-state index contributed by atoms with van der Waals surface area (Å²) >= 11 is 1.13. The maximum atomic E-state index is 13.6. The predicted octanol–water partition coefficient (Wildman–Crippen LogP) is 2.41. The molecule has 2 atom stereocenters. The number of hydrogen-bond donors (Lipinski definition) is 4. The van der Waals surface area contributed by atoms with Gasteiger partial charge in [0.25, 0.3) is 0 Å². The van der Waals surface area contributed by atoms with Crippen molar-refractivity contribution in [2.45, 2.75) is 76.3 Å². The number of thioether (sulfide) groups is 1. The van der Waals surface area contributed by atoms with Gasteiger partial charge in [-0.1, -0.05) is 19.4 Å². The first-order valence-corrected chi connectivity index (χ1v) is 20.5. The number of aliphatic carboxylic acids is 1. The summed E-state index contributed by atoms with van der Waals surface area (Å²) in [5, 5.41) is 16.6. The van der Waals surface area contributed by atoms with E-state index in [1.165, 1.54) is 4.90 Å². The third-order valence-electron chi connectivity index (χ3n) is 11.0. The van der Waals surface area contributed by atoms with Crippen LogP contribution in [0.4, 0.5) is 11.8 Å². The van der Waals surface area contributed by atoms with Crippen LogP contribution in [0.15, 0.2) is 18.3 Å². The number of nitrogens with zero attached hydrogens (tertiary/aromatic N) is 7. The number of hydrogen-bond acceptors (Lipinski definition) is 14. The lowest BCUT2D eigenvalue weighted by Crippen LogP contribution is -2.50. The summed E-state index contributed by atoms with van der Waals surface area (Å²) < 4.78 is 13.6. The molecular weight excluding hydrogens is 741 g/mol. The van der Waals surface area contributed by atoms with E-state index in [4.69, 9.17) is 31.1 Å². The van der Waals surface area contributed by atoms with Crippen molar-refractivity contribution in [2.75, 3.05) is 70.3 Å². The molecule has 4 heterocycles. The van der Waals surface area contributed by atoms with Crippen molar-refractivity contribution in [1.29, 1.82) is 0 Å². The quantitative estimate of drug-likeness (QED) is 0.114. The van der Waals surface area contributed by atoms with Crippen molar-refractivity contribution in [3.8, 4) is 11.5 Å². The minimum absolute atomic E-state index is 0.0647. The first-order chi connectivity index (χ1) is 27.0. The van der Waals surface area contributed by atoms with Crippen LogP contribution >= 0.6 is 11.8 Å². The van der Waals surface area contributed by atoms with Crippen LogP contribution in [0.1, 0.15) is 63.0 Å². The minimum atomic E-state index is -1.13. The van der Waals surface area contributed by atoms with Gasteiger partial charge in [-0.05, 0) is 44.1 Å². The van der Waals surface area contributed by atoms with Crippen molar-refractivity contribution < 1.29 is 33.8 Å². The molecule has 2 aliphatic heterocycles. The number of aromatic nitrogens is 4. The number of ether oxygens (including phenoxy) is 2. The van der Waals surface area contributed by atoms with Gasteiger partial charge < -0.3 is 36.3 Å². The van der Waals surface area contributed by atoms with Gasteiger partial charge in [0.1, 0.15) is 23.1 Å². The van der Waals surface area contributed by atoms with E-state index in [9.17, 15) is 19.2 Å². The number of unbranched alkanes of at least 4 members (excludes halogenated alkanes) is 1. The number of carboxylic acid groups (broad SMARTS) is 1. The van der Waals surface area contributed by atoms with Crippen molar-refractivity contribution in [1.82, 2.24) is 34.4 Å². The third kappa shape index (κ3) is 9.46. The molecule has 0 radical (unpaired) electrons. The number of carbonyl (C=O) groups is 4. The molecule has 1 aromatic carbocycles. The second-order valence-corrected chi connectivity index (χ2v) is 16.1. The summed E-state index contributed by atoms with van der Waals surface area (Å²) in [5.41, 5.74) is 14.7. The Morgan fingerprint density at radius 3 is 2.48 bits per heavy atom. The minimum Gasteiger partial charge on any atom is -0.496 e. The molecule has 6 N–H and O–H groups in total. The van der Waals surface area contributed by atoms with Gasteiger partial charge in [-0.25, -0.2) is 4.98 Å². The molecular formula is C38H54N10O7S. The largest absolute Gasteiger partial charge is 0.496 e. The van der Waals surface area contributed by atoms with Crippen molar-refractivity contribution in [2.24, 2.45) is 17.6 Å². The van der Waals surface area contributed by atoms with E-state index in [0.717, 1.165) is 86.8 Å². The number of imide groups is 1. The van der Waals surface area contributed by atoms with Crippen LogP contribution in [0.5, 0.6) is 11.5 Å². The van der Waals surface area contributed by atoms with E-state index in [-0.39, 0.29) is 47.7 Å². The molecule has 6 rings (SSSR count). The zero-order valence-corrected chi connectivity index (χ0v) is 33.3. The topological polar surface area (TPSA) is 224 Å². The molecule has 2 aromatic heterocycles. The third-order valence-corrected chi connectivity index (χ3v) is 12.3. The molecule has 3 aromatic rings. The predicted molar refractivity (Wildman–Crippen MR) is 212 cm³/mol. The standard InChI is InChI=1S/C38H54N10O7S/c1-4-5-12-41-34-32-28(42-38(40)43-34)21-47(44-32)20-26-29(54-2)11-10-25(33(26)55-3)19-45-13-15-46(16-14-45)35(50)24-8-6-23(7-9-24)18-48-31(49)17-30(36(48)51)56-22-27(39)37(52)53/h10-11,21,23-24,27,30H,4-9,12-20,22,39H2,1-3H3,(H,52,53)(H3,40,41,42,43)/t23?,24?,27-,30?/m1/s1. The molecule has 1 saturated carbocycles. The Morgan fingerprint density at radius 2 is 1.80 bits per heavy atom. The first-order valence-electron chi connectivity index (χ1n) is 19.4. The number of likely N-dealkylation sites (tertiary alicyclic amines) is 1. The van der Waals surface area contributed by atoms with E-state index in [1.54, 1.807) is 18.9 Å². The Hall–Kier alpha value is -4.68.